The molecule has 1 N–H and O–H groups in total. The predicted octanol–water partition coefficient (Wildman–Crippen LogP) is 2.45. The van der Waals surface area contributed by atoms with Crippen LogP contribution in [0, 0.1) is 6.92 Å². The van der Waals surface area contributed by atoms with E-state index in [-0.39, 0.29) is 17.9 Å². The molecule has 1 saturated heterocycles. The minimum Gasteiger partial charge on any atom is -0.406 e. The Bertz CT molecular complexity index is 822. The summed E-state index contributed by atoms with van der Waals surface area (Å²) in [6, 6.07) is 6.56. The molecule has 2 heterocycles. The van der Waals surface area contributed by atoms with Crippen LogP contribution in [-0.2, 0) is 11.3 Å². The van der Waals surface area contributed by atoms with Crippen molar-refractivity contribution in [1.29, 1.82) is 0 Å². The van der Waals surface area contributed by atoms with Crippen molar-refractivity contribution in [2.45, 2.75) is 19.8 Å². The van der Waals surface area contributed by atoms with Gasteiger partial charge in [-0.25, -0.2) is 9.97 Å². The van der Waals surface area contributed by atoms with Crippen molar-refractivity contribution in [1.82, 2.24) is 15.3 Å². The molecule has 1 aliphatic rings. The Balaban J connectivity index is 1.62. The summed E-state index contributed by atoms with van der Waals surface area (Å²) in [4.78, 5) is 23.1. The highest BCUT2D eigenvalue weighted by molar-refractivity contribution is 5.94. The van der Waals surface area contributed by atoms with E-state index in [1.54, 1.807) is 0 Å². The zero-order valence-electron chi connectivity index (χ0n) is 15.1. The van der Waals surface area contributed by atoms with E-state index in [1.165, 1.54) is 12.1 Å². The summed E-state index contributed by atoms with van der Waals surface area (Å²) in [5, 5.41) is 2.67. The van der Waals surface area contributed by atoms with Gasteiger partial charge in [0.2, 0.25) is 0 Å². The number of hydrogen-bond donors (Lipinski definition) is 1. The van der Waals surface area contributed by atoms with Gasteiger partial charge in [0, 0.05) is 30.4 Å². The van der Waals surface area contributed by atoms with Crippen molar-refractivity contribution in [2.24, 2.45) is 0 Å². The van der Waals surface area contributed by atoms with Crippen LogP contribution < -0.4 is 15.0 Å². The Morgan fingerprint density at radius 3 is 2.54 bits per heavy atom. The van der Waals surface area contributed by atoms with Gasteiger partial charge in [-0.15, -0.1) is 13.2 Å². The number of anilines is 1. The smallest absolute Gasteiger partial charge is 0.406 e. The van der Waals surface area contributed by atoms with Crippen LogP contribution in [0.5, 0.6) is 5.75 Å². The fourth-order valence-corrected chi connectivity index (χ4v) is 2.72. The number of alkyl halides is 3. The zero-order chi connectivity index (χ0) is 20.1. The number of halogens is 3. The van der Waals surface area contributed by atoms with Crippen LogP contribution >= 0.6 is 0 Å². The van der Waals surface area contributed by atoms with Crippen molar-refractivity contribution in [3.05, 3.63) is 47.4 Å². The van der Waals surface area contributed by atoms with Crippen LogP contribution in [-0.4, -0.2) is 48.5 Å². The lowest BCUT2D eigenvalue weighted by Gasteiger charge is -2.28. The van der Waals surface area contributed by atoms with E-state index in [9.17, 15) is 18.0 Å². The molecule has 0 aliphatic carbocycles. The standard InChI is InChI=1S/C18H19F3N4O3/c1-12-10-16(25-6-8-27-9-7-25)24-15(23-12)11-22-17(26)13-2-4-14(5-3-13)28-18(19,20)21/h2-5,10H,6-9,11H2,1H3,(H,22,26). The molecule has 28 heavy (non-hydrogen) atoms. The van der Waals surface area contributed by atoms with Crippen LogP contribution in [0.15, 0.2) is 30.3 Å². The van der Waals surface area contributed by atoms with Crippen LogP contribution in [0.1, 0.15) is 21.9 Å². The number of ether oxygens (including phenoxy) is 2. The number of morpholine rings is 1. The second-order valence-corrected chi connectivity index (χ2v) is 6.14. The summed E-state index contributed by atoms with van der Waals surface area (Å²) in [5.74, 6) is 0.387. The summed E-state index contributed by atoms with van der Waals surface area (Å²) in [6.07, 6.45) is -4.77. The molecule has 0 bridgehead atoms. The van der Waals surface area contributed by atoms with Crippen LogP contribution in [0.2, 0.25) is 0 Å². The number of benzene rings is 1. The average Bonchev–Trinajstić information content (AvgIpc) is 2.66. The van der Waals surface area contributed by atoms with Crippen molar-refractivity contribution in [3.8, 4) is 5.75 Å². The number of rotatable bonds is 5. The normalized spacial score (nSPS) is 14.6. The molecule has 1 aromatic heterocycles. The molecule has 0 unspecified atom stereocenters. The van der Waals surface area contributed by atoms with Gasteiger partial charge in [0.15, 0.2) is 0 Å². The fraction of sp³-hybridized carbons (Fsp3) is 0.389. The molecule has 0 radical (unpaired) electrons. The minimum absolute atomic E-state index is 0.0959. The van der Waals surface area contributed by atoms with Gasteiger partial charge in [0.1, 0.15) is 17.4 Å². The number of amides is 1. The van der Waals surface area contributed by atoms with Gasteiger partial charge in [-0.2, -0.15) is 0 Å². The number of carbonyl (C=O) groups excluding carboxylic acids is 1. The van der Waals surface area contributed by atoms with Crippen LogP contribution in [0.3, 0.4) is 0 Å². The lowest BCUT2D eigenvalue weighted by atomic mass is 10.2. The first-order valence-corrected chi connectivity index (χ1v) is 8.61. The first kappa shape index (κ1) is 19.9. The number of nitrogens with one attached hydrogen (secondary N) is 1. The molecule has 7 nitrogen and oxygen atoms in total. The minimum atomic E-state index is -4.77. The van der Waals surface area contributed by atoms with Gasteiger partial charge in [0.05, 0.1) is 19.8 Å². The Kier molecular flexibility index (Phi) is 5.98. The van der Waals surface area contributed by atoms with Crippen LogP contribution in [0.25, 0.3) is 0 Å². The van der Waals surface area contributed by atoms with Gasteiger partial charge in [0.25, 0.3) is 5.91 Å². The van der Waals surface area contributed by atoms with Crippen molar-refractivity contribution < 1.29 is 27.4 Å². The number of nitrogens with zero attached hydrogens (tertiary/aromatic N) is 3. The highest BCUT2D eigenvalue weighted by Crippen LogP contribution is 2.22. The molecule has 0 saturated carbocycles. The van der Waals surface area contributed by atoms with E-state index in [0.717, 1.165) is 36.7 Å². The summed E-state index contributed by atoms with van der Waals surface area (Å²) >= 11 is 0. The third-order valence-corrected chi connectivity index (χ3v) is 3.98. The first-order valence-electron chi connectivity index (χ1n) is 8.61. The zero-order valence-corrected chi connectivity index (χ0v) is 15.1. The molecule has 0 atom stereocenters. The van der Waals surface area contributed by atoms with E-state index in [0.29, 0.717) is 19.0 Å². The number of aryl methyl sites for hydroxylation is 1. The number of aromatic nitrogens is 2. The maximum Gasteiger partial charge on any atom is 0.573 e. The topological polar surface area (TPSA) is 76.6 Å². The van der Waals surface area contributed by atoms with Gasteiger partial charge >= 0.3 is 6.36 Å². The van der Waals surface area contributed by atoms with E-state index in [2.05, 4.69) is 24.9 Å². The molecule has 1 aliphatic heterocycles. The van der Waals surface area contributed by atoms with E-state index < -0.39 is 12.3 Å². The lowest BCUT2D eigenvalue weighted by molar-refractivity contribution is -0.274. The van der Waals surface area contributed by atoms with Crippen molar-refractivity contribution in [2.75, 3.05) is 31.2 Å². The molecular formula is C18H19F3N4O3. The summed E-state index contributed by atoms with van der Waals surface area (Å²) in [6.45, 7) is 4.66. The molecule has 10 heteroatoms. The molecular weight excluding hydrogens is 377 g/mol. The Labute approximate surface area is 159 Å². The van der Waals surface area contributed by atoms with Gasteiger partial charge in [-0.3, -0.25) is 4.79 Å². The molecule has 3 rings (SSSR count). The van der Waals surface area contributed by atoms with Crippen molar-refractivity contribution in [3.63, 3.8) is 0 Å². The van der Waals surface area contributed by atoms with Gasteiger partial charge in [-0.05, 0) is 31.2 Å². The first-order chi connectivity index (χ1) is 13.3. The molecule has 1 amide bonds. The Hall–Kier alpha value is -2.88. The largest absolute Gasteiger partial charge is 0.573 e. The number of hydrogen-bond acceptors (Lipinski definition) is 6. The molecule has 1 aromatic carbocycles. The van der Waals surface area contributed by atoms with Crippen molar-refractivity contribution >= 4 is 11.7 Å². The fourth-order valence-electron chi connectivity index (χ4n) is 2.72. The molecule has 150 valence electrons. The highest BCUT2D eigenvalue weighted by Gasteiger charge is 2.31. The summed E-state index contributed by atoms with van der Waals surface area (Å²) in [5.41, 5.74) is 0.977. The molecule has 1 fully saturated rings. The summed E-state index contributed by atoms with van der Waals surface area (Å²) in [7, 11) is 0. The quantitative estimate of drug-likeness (QED) is 0.837. The lowest BCUT2D eigenvalue weighted by Crippen LogP contribution is -2.37. The molecule has 0 spiro atoms. The molecule has 2 aromatic rings. The second-order valence-electron chi connectivity index (χ2n) is 6.14. The maximum atomic E-state index is 12.2. The predicted molar refractivity (Wildman–Crippen MR) is 94.1 cm³/mol. The van der Waals surface area contributed by atoms with Gasteiger partial charge < -0.3 is 19.7 Å². The second kappa shape index (κ2) is 8.42. The Morgan fingerprint density at radius 2 is 1.89 bits per heavy atom. The van der Waals surface area contributed by atoms with Crippen LogP contribution in [0.4, 0.5) is 19.0 Å². The average molecular weight is 396 g/mol. The maximum absolute atomic E-state index is 12.2. The third kappa shape index (κ3) is 5.56. The van der Waals surface area contributed by atoms with E-state index in [4.69, 9.17) is 4.74 Å². The van der Waals surface area contributed by atoms with E-state index in [1.807, 2.05) is 13.0 Å². The monoisotopic (exact) mass is 396 g/mol. The third-order valence-electron chi connectivity index (χ3n) is 3.98. The number of carbonyl (C=O) groups is 1. The SMILES string of the molecule is Cc1cc(N2CCOCC2)nc(CNC(=O)c2ccc(OC(F)(F)F)cc2)n1. The Morgan fingerprint density at radius 1 is 1.21 bits per heavy atom. The van der Waals surface area contributed by atoms with Gasteiger partial charge in [-0.1, -0.05) is 0 Å². The van der Waals surface area contributed by atoms with E-state index >= 15 is 0 Å². The highest BCUT2D eigenvalue weighted by atomic mass is 19.4. The summed E-state index contributed by atoms with van der Waals surface area (Å²) < 4.78 is 45.7.